The van der Waals surface area contributed by atoms with E-state index in [1.165, 1.54) is 0 Å². The zero-order valence-corrected chi connectivity index (χ0v) is 9.71. The molecule has 0 heterocycles. The van der Waals surface area contributed by atoms with E-state index < -0.39 is 0 Å². The maximum Gasteiger partial charge on any atom is 0.121 e. The number of phenolic OH excluding ortho intramolecular Hbond substituents is 1. The van der Waals surface area contributed by atoms with Crippen LogP contribution in [0.2, 0.25) is 0 Å². The summed E-state index contributed by atoms with van der Waals surface area (Å²) in [4.78, 5) is 0. The number of rotatable bonds is 3. The van der Waals surface area contributed by atoms with Gasteiger partial charge in [0.25, 0.3) is 0 Å². The normalized spacial score (nSPS) is 12.5. The van der Waals surface area contributed by atoms with Crippen LogP contribution in [0.1, 0.15) is 24.9 Å². The van der Waals surface area contributed by atoms with Crippen LogP contribution < -0.4 is 5.73 Å². The summed E-state index contributed by atoms with van der Waals surface area (Å²) in [6.45, 7) is 5.72. The molecule has 1 aromatic rings. The van der Waals surface area contributed by atoms with Crippen LogP contribution in [0.25, 0.3) is 0 Å². The van der Waals surface area contributed by atoms with Crippen molar-refractivity contribution in [2.75, 3.05) is 0 Å². The molecule has 0 fully saturated rings. The highest BCUT2D eigenvalue weighted by Crippen LogP contribution is 2.29. The van der Waals surface area contributed by atoms with Gasteiger partial charge in [-0.2, -0.15) is 0 Å². The minimum atomic E-state index is -0.180. The summed E-state index contributed by atoms with van der Waals surface area (Å²) in [5.74, 6) is 0.230. The fraction of sp³-hybridized carbons (Fsp3) is 0.273. The van der Waals surface area contributed by atoms with Gasteiger partial charge in [-0.05, 0) is 25.5 Å². The summed E-state index contributed by atoms with van der Waals surface area (Å²) in [6, 6.07) is 5.16. The highest BCUT2D eigenvalue weighted by Gasteiger charge is 2.10. The molecule has 3 N–H and O–H groups in total. The molecule has 0 aliphatic heterocycles. The molecule has 3 heteroatoms. The molecule has 1 atom stereocenters. The number of hydrogen-bond acceptors (Lipinski definition) is 2. The zero-order chi connectivity index (χ0) is 10.7. The van der Waals surface area contributed by atoms with Crippen LogP contribution in [0, 0.1) is 0 Å². The van der Waals surface area contributed by atoms with Gasteiger partial charge in [-0.25, -0.2) is 0 Å². The second-order valence-electron chi connectivity index (χ2n) is 3.47. The van der Waals surface area contributed by atoms with Crippen molar-refractivity contribution in [1.29, 1.82) is 0 Å². The molecule has 0 aromatic heterocycles. The van der Waals surface area contributed by atoms with E-state index in [4.69, 9.17) is 5.73 Å². The van der Waals surface area contributed by atoms with Crippen molar-refractivity contribution < 1.29 is 5.11 Å². The number of aromatic hydroxyl groups is 1. The van der Waals surface area contributed by atoms with Crippen LogP contribution in [0.15, 0.2) is 34.8 Å². The summed E-state index contributed by atoms with van der Waals surface area (Å²) in [6.07, 6.45) is 0.690. The Morgan fingerprint density at radius 3 is 2.79 bits per heavy atom. The van der Waals surface area contributed by atoms with Gasteiger partial charge in [-0.1, -0.05) is 27.6 Å². The van der Waals surface area contributed by atoms with E-state index in [2.05, 4.69) is 22.5 Å². The number of halogens is 1. The molecule has 0 radical (unpaired) electrons. The monoisotopic (exact) mass is 255 g/mol. The average molecular weight is 256 g/mol. The molecular formula is C11H14BrNO. The molecule has 1 aromatic carbocycles. The summed E-state index contributed by atoms with van der Waals surface area (Å²) in [7, 11) is 0. The van der Waals surface area contributed by atoms with Gasteiger partial charge < -0.3 is 10.8 Å². The minimum Gasteiger partial charge on any atom is -0.508 e. The lowest BCUT2D eigenvalue weighted by Gasteiger charge is -2.13. The molecule has 0 saturated heterocycles. The lowest BCUT2D eigenvalue weighted by molar-refractivity contribution is 0.460. The van der Waals surface area contributed by atoms with Gasteiger partial charge in [0.2, 0.25) is 0 Å². The van der Waals surface area contributed by atoms with Crippen molar-refractivity contribution in [2.24, 2.45) is 5.73 Å². The smallest absolute Gasteiger partial charge is 0.121 e. The highest BCUT2D eigenvalue weighted by molar-refractivity contribution is 9.10. The Labute approximate surface area is 92.6 Å². The molecule has 76 valence electrons. The van der Waals surface area contributed by atoms with Gasteiger partial charge in [-0.3, -0.25) is 0 Å². The van der Waals surface area contributed by atoms with Gasteiger partial charge in [0.05, 0.1) is 0 Å². The third-order valence-corrected chi connectivity index (χ3v) is 2.45. The molecule has 0 bridgehead atoms. The Bertz CT molecular complexity index is 349. The average Bonchev–Trinajstić information content (AvgIpc) is 2.01. The van der Waals surface area contributed by atoms with E-state index >= 15 is 0 Å². The summed E-state index contributed by atoms with van der Waals surface area (Å²) >= 11 is 3.28. The highest BCUT2D eigenvalue weighted by atomic mass is 79.9. The van der Waals surface area contributed by atoms with E-state index in [9.17, 15) is 5.11 Å². The third kappa shape index (κ3) is 2.86. The van der Waals surface area contributed by atoms with Gasteiger partial charge in [0.15, 0.2) is 0 Å². The predicted molar refractivity (Wildman–Crippen MR) is 62.2 cm³/mol. The SMILES string of the molecule is C=C(C)C[C@H](N)c1ccc(Br)cc1O. The zero-order valence-electron chi connectivity index (χ0n) is 8.13. The van der Waals surface area contributed by atoms with E-state index in [0.29, 0.717) is 6.42 Å². The van der Waals surface area contributed by atoms with Crippen LogP contribution in [0.4, 0.5) is 0 Å². The maximum absolute atomic E-state index is 9.63. The Hall–Kier alpha value is -0.800. The van der Waals surface area contributed by atoms with Crippen molar-refractivity contribution in [3.63, 3.8) is 0 Å². The number of nitrogens with two attached hydrogens (primary N) is 1. The van der Waals surface area contributed by atoms with Gasteiger partial charge in [-0.15, -0.1) is 6.58 Å². The van der Waals surface area contributed by atoms with E-state index in [1.54, 1.807) is 6.07 Å². The molecule has 0 saturated carbocycles. The summed E-state index contributed by atoms with van der Waals surface area (Å²) < 4.78 is 0.848. The van der Waals surface area contributed by atoms with Crippen LogP contribution in [0.3, 0.4) is 0 Å². The van der Waals surface area contributed by atoms with E-state index in [1.807, 2.05) is 19.1 Å². The molecule has 0 unspecified atom stereocenters. The Kier molecular flexibility index (Phi) is 3.72. The fourth-order valence-corrected chi connectivity index (χ4v) is 1.66. The van der Waals surface area contributed by atoms with Crippen LogP contribution in [0.5, 0.6) is 5.75 Å². The first kappa shape index (κ1) is 11.3. The lowest BCUT2D eigenvalue weighted by atomic mass is 10.0. The summed E-state index contributed by atoms with van der Waals surface area (Å²) in [5.41, 5.74) is 7.68. The number of hydrogen-bond donors (Lipinski definition) is 2. The van der Waals surface area contributed by atoms with Crippen molar-refractivity contribution in [3.05, 3.63) is 40.4 Å². The lowest BCUT2D eigenvalue weighted by Crippen LogP contribution is -2.10. The van der Waals surface area contributed by atoms with Gasteiger partial charge in [0.1, 0.15) is 5.75 Å². The van der Waals surface area contributed by atoms with Crippen LogP contribution in [-0.2, 0) is 0 Å². The first-order valence-corrected chi connectivity index (χ1v) is 5.18. The van der Waals surface area contributed by atoms with Crippen molar-refractivity contribution >= 4 is 15.9 Å². The van der Waals surface area contributed by atoms with Crippen LogP contribution >= 0.6 is 15.9 Å². The van der Waals surface area contributed by atoms with Crippen molar-refractivity contribution in [3.8, 4) is 5.75 Å². The van der Waals surface area contributed by atoms with Gasteiger partial charge >= 0.3 is 0 Å². The molecule has 1 rings (SSSR count). The second-order valence-corrected chi connectivity index (χ2v) is 4.39. The Morgan fingerprint density at radius 2 is 2.29 bits per heavy atom. The van der Waals surface area contributed by atoms with Crippen molar-refractivity contribution in [1.82, 2.24) is 0 Å². The van der Waals surface area contributed by atoms with Crippen LogP contribution in [-0.4, -0.2) is 5.11 Å². The standard InChI is InChI=1S/C11H14BrNO/c1-7(2)5-10(13)9-4-3-8(12)6-11(9)14/h3-4,6,10,14H,1,5,13H2,2H3/t10-/m0/s1. The molecule has 0 amide bonds. The molecule has 0 aliphatic rings. The first-order valence-electron chi connectivity index (χ1n) is 4.39. The molecule has 0 spiro atoms. The van der Waals surface area contributed by atoms with Gasteiger partial charge in [0, 0.05) is 16.1 Å². The molecule has 2 nitrogen and oxygen atoms in total. The van der Waals surface area contributed by atoms with Crippen molar-refractivity contribution in [2.45, 2.75) is 19.4 Å². The van der Waals surface area contributed by atoms with E-state index in [-0.39, 0.29) is 11.8 Å². The van der Waals surface area contributed by atoms with E-state index in [0.717, 1.165) is 15.6 Å². The fourth-order valence-electron chi connectivity index (χ4n) is 1.32. The predicted octanol–water partition coefficient (Wildman–Crippen LogP) is 3.12. The first-order chi connectivity index (χ1) is 6.50. The second kappa shape index (κ2) is 4.62. The largest absolute Gasteiger partial charge is 0.508 e. The number of benzene rings is 1. The quantitative estimate of drug-likeness (QED) is 0.816. The topological polar surface area (TPSA) is 46.2 Å². The third-order valence-electron chi connectivity index (χ3n) is 1.96. The minimum absolute atomic E-state index is 0.180. The molecule has 0 aliphatic carbocycles. The Balaban J connectivity index is 2.90. The molecular weight excluding hydrogens is 242 g/mol. The molecule has 14 heavy (non-hydrogen) atoms. The summed E-state index contributed by atoms with van der Waals surface area (Å²) in [5, 5.41) is 9.63. The maximum atomic E-state index is 9.63. The number of phenols is 1. The Morgan fingerprint density at radius 1 is 1.64 bits per heavy atom.